The van der Waals surface area contributed by atoms with Crippen LogP contribution < -0.4 is 9.47 Å². The highest BCUT2D eigenvalue weighted by atomic mass is 32.2. The Morgan fingerprint density at radius 3 is 2.42 bits per heavy atom. The van der Waals surface area contributed by atoms with Gasteiger partial charge in [-0.1, -0.05) is 50.1 Å². The van der Waals surface area contributed by atoms with Crippen LogP contribution in [-0.4, -0.2) is 40.3 Å². The third kappa shape index (κ3) is 6.61. The Balaban J connectivity index is 1.42. The number of hydrogen-bond donors (Lipinski definition) is 1. The highest BCUT2D eigenvalue weighted by molar-refractivity contribution is 8.01. The van der Waals surface area contributed by atoms with Gasteiger partial charge in [0.1, 0.15) is 22.6 Å². The predicted octanol–water partition coefficient (Wildman–Crippen LogP) is 6.78. The van der Waals surface area contributed by atoms with E-state index in [1.54, 1.807) is 23.9 Å². The molecule has 1 saturated heterocycles. The van der Waals surface area contributed by atoms with E-state index in [0.717, 1.165) is 36.3 Å². The van der Waals surface area contributed by atoms with Crippen LogP contribution in [0.2, 0.25) is 0 Å². The molecule has 2 unspecified atom stereocenters. The van der Waals surface area contributed by atoms with Crippen LogP contribution in [0.15, 0.2) is 78.9 Å². The fraction of sp³-hybridized carbons (Fsp3) is 0.310. The zero-order valence-electron chi connectivity index (χ0n) is 20.3. The van der Waals surface area contributed by atoms with Crippen LogP contribution in [0.3, 0.4) is 0 Å². The maximum Gasteiger partial charge on any atom is 0.335 e. The summed E-state index contributed by atoms with van der Waals surface area (Å²) in [5.41, 5.74) is 1.27. The summed E-state index contributed by atoms with van der Waals surface area (Å²) in [6, 6.07) is 24.0. The number of thioether (sulfide) groups is 1. The van der Waals surface area contributed by atoms with Gasteiger partial charge in [0, 0.05) is 6.54 Å². The van der Waals surface area contributed by atoms with Crippen molar-refractivity contribution in [3.63, 3.8) is 0 Å². The van der Waals surface area contributed by atoms with Crippen molar-refractivity contribution in [2.75, 3.05) is 13.2 Å². The van der Waals surface area contributed by atoms with Crippen molar-refractivity contribution in [1.82, 2.24) is 4.90 Å². The summed E-state index contributed by atoms with van der Waals surface area (Å²) >= 11 is 1.72. The molecule has 1 heterocycles. The molecule has 3 aromatic carbocycles. The first-order valence-electron chi connectivity index (χ1n) is 12.3. The van der Waals surface area contributed by atoms with Crippen LogP contribution in [0, 0.1) is 0 Å². The van der Waals surface area contributed by atoms with E-state index in [1.807, 2.05) is 53.4 Å². The van der Waals surface area contributed by atoms with Crippen molar-refractivity contribution >= 4 is 23.6 Å². The Hall–Kier alpha value is -3.45. The van der Waals surface area contributed by atoms with Gasteiger partial charge in [0.05, 0.1) is 17.4 Å². The van der Waals surface area contributed by atoms with Crippen molar-refractivity contribution in [2.45, 2.75) is 43.2 Å². The molecular weight excluding hydrogens is 474 g/mol. The lowest BCUT2D eigenvalue weighted by molar-refractivity contribution is -0.130. The summed E-state index contributed by atoms with van der Waals surface area (Å²) in [4.78, 5) is 26.3. The van der Waals surface area contributed by atoms with Gasteiger partial charge in [0.25, 0.3) is 0 Å². The Kier molecular flexibility index (Phi) is 8.90. The molecule has 0 saturated carbocycles. The van der Waals surface area contributed by atoms with E-state index in [4.69, 9.17) is 14.6 Å². The number of unbranched alkanes of at least 4 members (excludes halogenated alkanes) is 1. The Labute approximate surface area is 216 Å². The molecule has 1 amide bonds. The molecule has 188 valence electrons. The van der Waals surface area contributed by atoms with E-state index < -0.39 is 5.97 Å². The number of benzene rings is 3. The van der Waals surface area contributed by atoms with Crippen LogP contribution in [0.4, 0.5) is 0 Å². The molecule has 0 bridgehead atoms. The Morgan fingerprint density at radius 1 is 0.944 bits per heavy atom. The smallest absolute Gasteiger partial charge is 0.335 e. The van der Waals surface area contributed by atoms with E-state index >= 15 is 0 Å². The minimum Gasteiger partial charge on any atom is -0.494 e. The summed E-state index contributed by atoms with van der Waals surface area (Å²) in [5, 5.41) is 8.91. The Bertz CT molecular complexity index is 1150. The molecule has 7 heteroatoms. The van der Waals surface area contributed by atoms with Crippen molar-refractivity contribution in [2.24, 2.45) is 0 Å². The number of aromatic carboxylic acids is 1. The van der Waals surface area contributed by atoms with Gasteiger partial charge >= 0.3 is 5.97 Å². The number of para-hydroxylation sites is 1. The van der Waals surface area contributed by atoms with Gasteiger partial charge in [-0.05, 0) is 66.9 Å². The highest BCUT2D eigenvalue weighted by Gasteiger charge is 2.40. The molecule has 3 aromatic rings. The first-order valence-corrected chi connectivity index (χ1v) is 13.2. The van der Waals surface area contributed by atoms with Crippen molar-refractivity contribution < 1.29 is 24.2 Å². The number of rotatable bonds is 12. The van der Waals surface area contributed by atoms with Crippen molar-refractivity contribution in [3.05, 3.63) is 90.0 Å². The normalized spacial score (nSPS) is 17.2. The standard InChI is InChI=1S/C29H31NO5S/c1-2-3-13-26-27(31)30(18-8-19-34-23-16-14-21(15-17-23)29(32)33)28(36-26)22-9-7-12-25(20-22)35-24-10-5-4-6-11-24/h4-7,9-12,14-17,20,26,28H,2-3,8,13,18-19H2,1H3,(H,32,33). The number of amides is 1. The largest absolute Gasteiger partial charge is 0.494 e. The van der Waals surface area contributed by atoms with Crippen molar-refractivity contribution in [1.29, 1.82) is 0 Å². The monoisotopic (exact) mass is 505 g/mol. The molecule has 1 N–H and O–H groups in total. The molecule has 1 aliphatic rings. The van der Waals surface area contributed by atoms with Crippen LogP contribution in [-0.2, 0) is 4.79 Å². The van der Waals surface area contributed by atoms with Gasteiger partial charge in [-0.2, -0.15) is 0 Å². The molecule has 1 aliphatic heterocycles. The molecule has 4 rings (SSSR count). The number of hydrogen-bond acceptors (Lipinski definition) is 5. The van der Waals surface area contributed by atoms with Gasteiger partial charge in [-0.25, -0.2) is 4.79 Å². The number of carboxylic acids is 1. The lowest BCUT2D eigenvalue weighted by Crippen LogP contribution is -2.32. The lowest BCUT2D eigenvalue weighted by Gasteiger charge is -2.24. The fourth-order valence-electron chi connectivity index (χ4n) is 4.13. The Morgan fingerprint density at radius 2 is 1.69 bits per heavy atom. The summed E-state index contributed by atoms with van der Waals surface area (Å²) in [5.74, 6) is 1.35. The van der Waals surface area contributed by atoms with Gasteiger partial charge in [-0.3, -0.25) is 4.79 Å². The first kappa shape index (κ1) is 25.6. The minimum atomic E-state index is -0.964. The second-order valence-corrected chi connectivity index (χ2v) is 9.96. The lowest BCUT2D eigenvalue weighted by atomic mass is 10.1. The maximum atomic E-state index is 13.3. The van der Waals surface area contributed by atoms with Gasteiger partial charge in [0.15, 0.2) is 0 Å². The number of carbonyl (C=O) groups is 2. The minimum absolute atomic E-state index is 0.0434. The van der Waals surface area contributed by atoms with E-state index in [0.29, 0.717) is 25.3 Å². The average molecular weight is 506 g/mol. The summed E-state index contributed by atoms with van der Waals surface area (Å²) in [6.45, 7) is 3.16. The van der Waals surface area contributed by atoms with E-state index in [9.17, 15) is 9.59 Å². The number of nitrogens with zero attached hydrogens (tertiary/aromatic N) is 1. The SMILES string of the molecule is CCCCC1SC(c2cccc(Oc3ccccc3)c2)N(CCCOc2ccc(C(=O)O)cc2)C1=O. The second kappa shape index (κ2) is 12.5. The second-order valence-electron chi connectivity index (χ2n) is 8.67. The predicted molar refractivity (Wildman–Crippen MR) is 142 cm³/mol. The van der Waals surface area contributed by atoms with E-state index in [2.05, 4.69) is 13.0 Å². The topological polar surface area (TPSA) is 76.1 Å². The average Bonchev–Trinajstić information content (AvgIpc) is 3.21. The quantitative estimate of drug-likeness (QED) is 0.274. The molecule has 36 heavy (non-hydrogen) atoms. The van der Waals surface area contributed by atoms with Crippen LogP contribution in [0.5, 0.6) is 17.2 Å². The van der Waals surface area contributed by atoms with Gasteiger partial charge in [-0.15, -0.1) is 11.8 Å². The summed E-state index contributed by atoms with van der Waals surface area (Å²) in [6.07, 6.45) is 3.63. The molecule has 0 radical (unpaired) electrons. The third-order valence-electron chi connectivity index (χ3n) is 5.99. The number of ether oxygens (including phenoxy) is 2. The van der Waals surface area contributed by atoms with Crippen LogP contribution in [0.1, 0.15) is 53.9 Å². The van der Waals surface area contributed by atoms with Crippen LogP contribution in [0.25, 0.3) is 0 Å². The molecule has 1 fully saturated rings. The summed E-state index contributed by atoms with van der Waals surface area (Å²) in [7, 11) is 0. The first-order chi connectivity index (χ1) is 17.5. The number of carboxylic acid groups (broad SMARTS) is 1. The fourth-order valence-corrected chi connectivity index (χ4v) is 5.66. The molecule has 0 aromatic heterocycles. The molecule has 0 aliphatic carbocycles. The van der Waals surface area contributed by atoms with Gasteiger partial charge < -0.3 is 19.5 Å². The van der Waals surface area contributed by atoms with E-state index in [1.165, 1.54) is 12.1 Å². The van der Waals surface area contributed by atoms with E-state index in [-0.39, 0.29) is 22.1 Å². The molecular formula is C29H31NO5S. The maximum absolute atomic E-state index is 13.3. The van der Waals surface area contributed by atoms with Crippen LogP contribution >= 0.6 is 11.8 Å². The highest BCUT2D eigenvalue weighted by Crippen LogP contribution is 2.45. The molecule has 6 nitrogen and oxygen atoms in total. The molecule has 0 spiro atoms. The zero-order valence-corrected chi connectivity index (χ0v) is 21.2. The zero-order chi connectivity index (χ0) is 25.3. The van der Waals surface area contributed by atoms with Crippen molar-refractivity contribution in [3.8, 4) is 17.2 Å². The molecule has 2 atom stereocenters. The number of carbonyl (C=O) groups excluding carboxylic acids is 1. The third-order valence-corrected chi connectivity index (χ3v) is 7.54. The van der Waals surface area contributed by atoms with Gasteiger partial charge in [0.2, 0.25) is 5.91 Å². The summed E-state index contributed by atoms with van der Waals surface area (Å²) < 4.78 is 11.8.